The van der Waals surface area contributed by atoms with E-state index in [4.69, 9.17) is 10.00 Å². The fraction of sp³-hybridized carbons (Fsp3) is 0.727. The second kappa shape index (κ2) is 5.37. The maximum Gasteiger partial charge on any atom is 0.119 e. The van der Waals surface area contributed by atoms with Gasteiger partial charge in [-0.1, -0.05) is 19.6 Å². The average Bonchev–Trinajstić information content (AvgIpc) is 2.61. The van der Waals surface area contributed by atoms with Gasteiger partial charge < -0.3 is 14.5 Å². The highest BCUT2D eigenvalue weighted by Crippen LogP contribution is 2.12. The highest BCUT2D eigenvalue weighted by molar-refractivity contribution is 6.77. The van der Waals surface area contributed by atoms with Gasteiger partial charge in [0.05, 0.1) is 20.8 Å². The van der Waals surface area contributed by atoms with Crippen molar-refractivity contribution >= 4 is 8.07 Å². The molecule has 1 aliphatic heterocycles. The summed E-state index contributed by atoms with van der Waals surface area (Å²) < 4.78 is 5.84. The minimum Gasteiger partial charge on any atom is -0.362 e. The molecule has 5 heteroatoms. The van der Waals surface area contributed by atoms with Crippen molar-refractivity contribution in [3.8, 4) is 6.07 Å². The third-order valence-electron chi connectivity index (χ3n) is 2.84. The quantitative estimate of drug-likeness (QED) is 0.542. The summed E-state index contributed by atoms with van der Waals surface area (Å²) in [7, 11) is -1.20. The first-order valence-corrected chi connectivity index (χ1v) is 9.16. The molecule has 1 heterocycles. The Bertz CT molecular complexity index is 293. The molecule has 1 aliphatic rings. The number of nitriles is 1. The first kappa shape index (κ1) is 13.1. The van der Waals surface area contributed by atoms with Crippen LogP contribution < -0.4 is 0 Å². The zero-order valence-corrected chi connectivity index (χ0v) is 11.6. The van der Waals surface area contributed by atoms with Gasteiger partial charge in [-0.05, 0) is 6.92 Å². The zero-order chi connectivity index (χ0) is 12.2. The van der Waals surface area contributed by atoms with Crippen LogP contribution in [0.3, 0.4) is 0 Å². The summed E-state index contributed by atoms with van der Waals surface area (Å²) in [5.74, 6) is 0. The van der Waals surface area contributed by atoms with Crippen LogP contribution in [-0.4, -0.2) is 43.5 Å². The molecule has 16 heavy (non-hydrogen) atoms. The van der Waals surface area contributed by atoms with E-state index >= 15 is 0 Å². The molecule has 0 bridgehead atoms. The number of rotatable bonds is 5. The molecule has 1 rings (SSSR count). The molecule has 1 atom stereocenters. The van der Waals surface area contributed by atoms with Crippen molar-refractivity contribution in [3.05, 3.63) is 12.4 Å². The summed E-state index contributed by atoms with van der Waals surface area (Å²) in [6.45, 7) is 10.9. The topological polar surface area (TPSA) is 39.5 Å². The van der Waals surface area contributed by atoms with Crippen LogP contribution in [0.2, 0.25) is 19.6 Å². The van der Waals surface area contributed by atoms with Gasteiger partial charge in [-0.15, -0.1) is 0 Å². The van der Waals surface area contributed by atoms with Gasteiger partial charge in [0.15, 0.2) is 0 Å². The lowest BCUT2D eigenvalue weighted by Crippen LogP contribution is -2.40. The summed E-state index contributed by atoms with van der Waals surface area (Å²) >= 11 is 0. The van der Waals surface area contributed by atoms with E-state index in [1.165, 1.54) is 0 Å². The van der Waals surface area contributed by atoms with Crippen LogP contribution in [0.15, 0.2) is 12.4 Å². The molecule has 0 aromatic heterocycles. The van der Waals surface area contributed by atoms with E-state index in [2.05, 4.69) is 37.5 Å². The monoisotopic (exact) mass is 239 g/mol. The SMILES string of the molecule is CC(OCN1C=CN(CC#N)C1)[Si](C)(C)C. The van der Waals surface area contributed by atoms with E-state index in [1.54, 1.807) is 0 Å². The Labute approximate surface area is 99.1 Å². The van der Waals surface area contributed by atoms with Gasteiger partial charge in [0.1, 0.15) is 13.3 Å². The predicted molar refractivity (Wildman–Crippen MR) is 66.9 cm³/mol. The molecular weight excluding hydrogens is 218 g/mol. The summed E-state index contributed by atoms with van der Waals surface area (Å²) in [4.78, 5) is 4.04. The highest BCUT2D eigenvalue weighted by atomic mass is 28.3. The minimum absolute atomic E-state index is 0.353. The summed E-state index contributed by atoms with van der Waals surface area (Å²) in [5.41, 5.74) is 0.353. The predicted octanol–water partition coefficient (Wildman–Crippen LogP) is 1.80. The van der Waals surface area contributed by atoms with Gasteiger partial charge in [0.2, 0.25) is 0 Å². The molecule has 90 valence electrons. The van der Waals surface area contributed by atoms with Crippen molar-refractivity contribution in [2.75, 3.05) is 19.9 Å². The first-order valence-electron chi connectivity index (χ1n) is 5.58. The Morgan fingerprint density at radius 2 is 2.00 bits per heavy atom. The fourth-order valence-electron chi connectivity index (χ4n) is 1.25. The number of nitrogens with zero attached hydrogens (tertiary/aromatic N) is 3. The van der Waals surface area contributed by atoms with Crippen molar-refractivity contribution < 1.29 is 4.74 Å². The normalized spacial score (nSPS) is 17.7. The summed E-state index contributed by atoms with van der Waals surface area (Å²) in [6.07, 6.45) is 3.92. The van der Waals surface area contributed by atoms with Crippen molar-refractivity contribution in [2.24, 2.45) is 0 Å². The number of hydrogen-bond acceptors (Lipinski definition) is 4. The second-order valence-electron chi connectivity index (χ2n) is 5.24. The van der Waals surface area contributed by atoms with Crippen LogP contribution >= 0.6 is 0 Å². The third-order valence-corrected chi connectivity index (χ3v) is 5.44. The number of ether oxygens (including phenoxy) is 1. The van der Waals surface area contributed by atoms with Crippen LogP contribution in [0, 0.1) is 11.3 Å². The van der Waals surface area contributed by atoms with Crippen molar-refractivity contribution in [2.45, 2.75) is 32.3 Å². The molecular formula is C11H21N3OSi. The highest BCUT2D eigenvalue weighted by Gasteiger charge is 2.24. The van der Waals surface area contributed by atoms with Crippen molar-refractivity contribution in [1.29, 1.82) is 5.26 Å². The van der Waals surface area contributed by atoms with Gasteiger partial charge in [0, 0.05) is 18.1 Å². The summed E-state index contributed by atoms with van der Waals surface area (Å²) in [6, 6.07) is 2.13. The van der Waals surface area contributed by atoms with Crippen molar-refractivity contribution in [3.63, 3.8) is 0 Å². The van der Waals surface area contributed by atoms with Crippen LogP contribution in [0.1, 0.15) is 6.92 Å². The Morgan fingerprint density at radius 1 is 1.38 bits per heavy atom. The van der Waals surface area contributed by atoms with Gasteiger partial charge in [-0.2, -0.15) is 5.26 Å². The average molecular weight is 239 g/mol. The Balaban J connectivity index is 2.27. The van der Waals surface area contributed by atoms with Crippen molar-refractivity contribution in [1.82, 2.24) is 9.80 Å². The van der Waals surface area contributed by atoms with Crippen LogP contribution in [-0.2, 0) is 4.74 Å². The minimum atomic E-state index is -1.20. The largest absolute Gasteiger partial charge is 0.362 e. The van der Waals surface area contributed by atoms with E-state index in [-0.39, 0.29) is 0 Å². The zero-order valence-electron chi connectivity index (χ0n) is 10.6. The lowest BCUT2D eigenvalue weighted by atomic mass is 10.6. The molecule has 4 nitrogen and oxygen atoms in total. The molecule has 0 radical (unpaired) electrons. The molecule has 0 spiro atoms. The molecule has 1 unspecified atom stereocenters. The van der Waals surface area contributed by atoms with E-state index in [0.717, 1.165) is 6.67 Å². The molecule has 0 saturated carbocycles. The lowest BCUT2D eigenvalue weighted by molar-refractivity contribution is 0.0301. The Kier molecular flexibility index (Phi) is 4.39. The maximum atomic E-state index is 8.57. The second-order valence-corrected chi connectivity index (χ2v) is 10.8. The first-order chi connectivity index (χ1) is 7.43. The van der Waals surface area contributed by atoms with Gasteiger partial charge in [-0.25, -0.2) is 0 Å². The molecule has 0 aromatic rings. The maximum absolute atomic E-state index is 8.57. The fourth-order valence-corrected chi connectivity index (χ4v) is 1.83. The van der Waals surface area contributed by atoms with E-state index in [9.17, 15) is 0 Å². The van der Waals surface area contributed by atoms with Gasteiger partial charge >= 0.3 is 0 Å². The van der Waals surface area contributed by atoms with Crippen LogP contribution in [0.25, 0.3) is 0 Å². The standard InChI is InChI=1S/C11H21N3OSi/c1-11(16(2,3)4)15-10-14-8-7-13(9-14)6-5-12/h7-8,11H,6,9-10H2,1-4H3. The Hall–Kier alpha value is -0.993. The summed E-state index contributed by atoms with van der Waals surface area (Å²) in [5, 5.41) is 8.57. The molecule has 0 N–H and O–H groups in total. The van der Waals surface area contributed by atoms with E-state index < -0.39 is 8.07 Å². The molecule has 0 fully saturated rings. The molecule has 0 amide bonds. The lowest BCUT2D eigenvalue weighted by Gasteiger charge is -2.28. The molecule has 0 aromatic carbocycles. The molecule has 0 saturated heterocycles. The van der Waals surface area contributed by atoms with Crippen LogP contribution in [0.4, 0.5) is 0 Å². The van der Waals surface area contributed by atoms with Crippen LogP contribution in [0.5, 0.6) is 0 Å². The van der Waals surface area contributed by atoms with Gasteiger partial charge in [0.25, 0.3) is 0 Å². The Morgan fingerprint density at radius 3 is 2.56 bits per heavy atom. The molecule has 0 aliphatic carbocycles. The third kappa shape index (κ3) is 3.87. The smallest absolute Gasteiger partial charge is 0.119 e. The van der Waals surface area contributed by atoms with E-state index in [1.807, 2.05) is 17.3 Å². The van der Waals surface area contributed by atoms with E-state index in [0.29, 0.717) is 19.0 Å². The number of hydrogen-bond donors (Lipinski definition) is 0. The van der Waals surface area contributed by atoms with Gasteiger partial charge in [-0.3, -0.25) is 0 Å².